The molecule has 2 saturated heterocycles. The van der Waals surface area contributed by atoms with Gasteiger partial charge in [-0.2, -0.15) is 0 Å². The molecule has 14 heavy (non-hydrogen) atoms. The summed E-state index contributed by atoms with van der Waals surface area (Å²) in [7, 11) is 3.43. The average molecular weight is 198 g/mol. The number of piperidine rings is 1. The Labute approximate surface area is 83.2 Å². The molecule has 4 heteroatoms. The maximum atomic E-state index is 11.7. The first-order valence-electron chi connectivity index (χ1n) is 5.09. The van der Waals surface area contributed by atoms with Gasteiger partial charge < -0.3 is 9.64 Å². The molecule has 0 aromatic carbocycles. The Morgan fingerprint density at radius 1 is 1.50 bits per heavy atom. The van der Waals surface area contributed by atoms with Gasteiger partial charge in [0.1, 0.15) is 6.04 Å². The lowest BCUT2D eigenvalue weighted by Gasteiger charge is -2.31. The minimum atomic E-state index is -0.501. The maximum Gasteiger partial charge on any atom is 0.322 e. The van der Waals surface area contributed by atoms with E-state index in [-0.39, 0.29) is 17.8 Å². The van der Waals surface area contributed by atoms with Crippen LogP contribution in [0, 0.1) is 5.92 Å². The topological polar surface area (TPSA) is 47.8 Å². The van der Waals surface area contributed by atoms with E-state index in [1.54, 1.807) is 0 Å². The highest BCUT2D eigenvalue weighted by Gasteiger charge is 2.52. The number of nitrogens with one attached hydrogen (secondary N) is 1. The van der Waals surface area contributed by atoms with Crippen LogP contribution in [-0.2, 0) is 14.3 Å². The van der Waals surface area contributed by atoms with Gasteiger partial charge in [0.25, 0.3) is 0 Å². The normalized spacial score (nSPS) is 41.1. The molecule has 0 radical (unpaired) electrons. The van der Waals surface area contributed by atoms with Crippen LogP contribution in [0.4, 0.5) is 0 Å². The van der Waals surface area contributed by atoms with Crippen LogP contribution in [-0.4, -0.2) is 38.0 Å². The third-order valence-corrected chi connectivity index (χ3v) is 3.71. The Morgan fingerprint density at radius 3 is 2.86 bits per heavy atom. The van der Waals surface area contributed by atoms with E-state index in [9.17, 15) is 9.59 Å². The van der Waals surface area contributed by atoms with Crippen molar-refractivity contribution in [3.63, 3.8) is 0 Å². The summed E-state index contributed by atoms with van der Waals surface area (Å²) >= 11 is 0. The molecule has 1 unspecified atom stereocenters. The zero-order valence-electron chi connectivity index (χ0n) is 8.58. The second-order valence-electron chi connectivity index (χ2n) is 4.30. The van der Waals surface area contributed by atoms with Crippen LogP contribution in [0.15, 0.2) is 0 Å². The fourth-order valence-electron chi connectivity index (χ4n) is 2.85. The Kier molecular flexibility index (Phi) is 2.31. The van der Waals surface area contributed by atoms with Gasteiger partial charge in [0, 0.05) is 12.8 Å². The number of fused-ring (bicyclic) bond motifs is 2. The van der Waals surface area contributed by atoms with Gasteiger partial charge in [-0.3, -0.25) is 9.59 Å². The monoisotopic (exact) mass is 198 g/mol. The summed E-state index contributed by atoms with van der Waals surface area (Å²) in [6, 6.07) is 0.599. The number of rotatable bonds is 1. The van der Waals surface area contributed by atoms with E-state index in [4.69, 9.17) is 0 Å². The van der Waals surface area contributed by atoms with E-state index in [0.717, 1.165) is 12.8 Å². The van der Waals surface area contributed by atoms with Crippen molar-refractivity contribution in [1.82, 2.24) is 0 Å². The van der Waals surface area contributed by atoms with E-state index < -0.39 is 5.92 Å². The minimum absolute atomic E-state index is 0.0787. The maximum absolute atomic E-state index is 11.7. The van der Waals surface area contributed by atoms with Crippen molar-refractivity contribution in [3.05, 3.63) is 0 Å². The molecule has 1 N–H and O–H groups in total. The van der Waals surface area contributed by atoms with Gasteiger partial charge in [0.15, 0.2) is 11.7 Å². The second-order valence-corrected chi connectivity index (χ2v) is 4.30. The standard InChI is InChI=1S/C10H15NO3/c1-11-6-3-4-7(11)9(8(12)5-6)10(13)14-2/h6-7,9H,3-5H2,1-2H3/p+1/t6-,7+,9+/m0/s1. The zero-order valence-corrected chi connectivity index (χ0v) is 8.58. The summed E-state index contributed by atoms with van der Waals surface area (Å²) in [6.07, 6.45) is 2.58. The van der Waals surface area contributed by atoms with Gasteiger partial charge in [0.2, 0.25) is 0 Å². The van der Waals surface area contributed by atoms with Crippen LogP contribution in [0.3, 0.4) is 0 Å². The number of carbonyl (C=O) groups excluding carboxylic acids is 2. The van der Waals surface area contributed by atoms with Crippen molar-refractivity contribution in [2.75, 3.05) is 14.2 Å². The quantitative estimate of drug-likeness (QED) is 0.425. The molecule has 0 spiro atoms. The first-order valence-corrected chi connectivity index (χ1v) is 5.09. The Morgan fingerprint density at radius 2 is 2.21 bits per heavy atom. The van der Waals surface area contributed by atoms with E-state index in [0.29, 0.717) is 12.5 Å². The largest absolute Gasteiger partial charge is 0.468 e. The molecule has 4 atom stereocenters. The number of hydrogen-bond acceptors (Lipinski definition) is 3. The van der Waals surface area contributed by atoms with Gasteiger partial charge in [-0.25, -0.2) is 0 Å². The fourth-order valence-corrected chi connectivity index (χ4v) is 2.85. The molecule has 2 heterocycles. The molecule has 2 aliphatic rings. The van der Waals surface area contributed by atoms with Crippen LogP contribution < -0.4 is 4.90 Å². The number of ether oxygens (including phenoxy) is 1. The summed E-state index contributed by atoms with van der Waals surface area (Å²) in [4.78, 5) is 24.5. The van der Waals surface area contributed by atoms with E-state index in [1.165, 1.54) is 12.0 Å². The van der Waals surface area contributed by atoms with Gasteiger partial charge >= 0.3 is 5.97 Å². The van der Waals surface area contributed by atoms with Gasteiger partial charge in [-0.1, -0.05) is 0 Å². The SMILES string of the molecule is COC(=O)[C@H]1C(=O)C[C@@H]2CC[C@H]1[NH+]2C. The average Bonchev–Trinajstić information content (AvgIpc) is 2.42. The number of carbonyl (C=O) groups is 2. The molecular weight excluding hydrogens is 182 g/mol. The lowest BCUT2D eigenvalue weighted by molar-refractivity contribution is -0.920. The first kappa shape index (κ1) is 9.65. The third kappa shape index (κ3) is 1.25. The van der Waals surface area contributed by atoms with E-state index in [2.05, 4.69) is 11.8 Å². The van der Waals surface area contributed by atoms with Crippen LogP contribution in [0.25, 0.3) is 0 Å². The number of hydrogen-bond donors (Lipinski definition) is 1. The second kappa shape index (κ2) is 3.35. The highest BCUT2D eigenvalue weighted by atomic mass is 16.5. The van der Waals surface area contributed by atoms with E-state index >= 15 is 0 Å². The van der Waals surface area contributed by atoms with Crippen LogP contribution in [0.2, 0.25) is 0 Å². The molecule has 2 bridgehead atoms. The Bertz CT molecular complexity index is 277. The van der Waals surface area contributed by atoms with Gasteiger partial charge in [0.05, 0.1) is 26.6 Å². The third-order valence-electron chi connectivity index (χ3n) is 3.71. The lowest BCUT2D eigenvalue weighted by Crippen LogP contribution is -3.16. The summed E-state index contributed by atoms with van der Waals surface area (Å²) in [5, 5.41) is 0. The van der Waals surface area contributed by atoms with Gasteiger partial charge in [-0.15, -0.1) is 0 Å². The summed E-state index contributed by atoms with van der Waals surface area (Å²) < 4.78 is 4.69. The molecule has 2 rings (SSSR count). The smallest absolute Gasteiger partial charge is 0.322 e. The van der Waals surface area contributed by atoms with Crippen molar-refractivity contribution >= 4 is 11.8 Å². The molecule has 0 saturated carbocycles. The van der Waals surface area contributed by atoms with Crippen molar-refractivity contribution in [1.29, 1.82) is 0 Å². The fraction of sp³-hybridized carbons (Fsp3) is 0.800. The molecule has 0 aliphatic carbocycles. The van der Waals surface area contributed by atoms with Crippen molar-refractivity contribution < 1.29 is 19.2 Å². The van der Waals surface area contributed by atoms with E-state index in [1.807, 2.05) is 0 Å². The summed E-state index contributed by atoms with van der Waals surface area (Å²) in [5.41, 5.74) is 0. The van der Waals surface area contributed by atoms with Gasteiger partial charge in [-0.05, 0) is 0 Å². The number of quaternary nitrogens is 1. The number of methoxy groups -OCH3 is 1. The highest BCUT2D eigenvalue weighted by molar-refractivity contribution is 6.00. The van der Waals surface area contributed by atoms with Crippen LogP contribution in [0.5, 0.6) is 0 Å². The summed E-state index contributed by atoms with van der Waals surface area (Å²) in [5.74, 6) is -0.770. The molecule has 0 aromatic heterocycles. The molecular formula is C10H16NO3+. The number of ketones is 1. The molecule has 4 nitrogen and oxygen atoms in total. The van der Waals surface area contributed by atoms with Crippen molar-refractivity contribution in [3.8, 4) is 0 Å². The molecule has 0 amide bonds. The first-order chi connectivity index (χ1) is 6.65. The van der Waals surface area contributed by atoms with Crippen LogP contribution >= 0.6 is 0 Å². The summed E-state index contributed by atoms with van der Waals surface area (Å²) in [6.45, 7) is 0. The van der Waals surface area contributed by atoms with Crippen LogP contribution in [0.1, 0.15) is 19.3 Å². The lowest BCUT2D eigenvalue weighted by atomic mass is 9.89. The highest BCUT2D eigenvalue weighted by Crippen LogP contribution is 2.25. The molecule has 2 aliphatic heterocycles. The zero-order chi connectivity index (χ0) is 10.3. The minimum Gasteiger partial charge on any atom is -0.468 e. The van der Waals surface area contributed by atoms with Crippen molar-refractivity contribution in [2.24, 2.45) is 5.92 Å². The Balaban J connectivity index is 2.22. The van der Waals surface area contributed by atoms with Crippen molar-refractivity contribution in [2.45, 2.75) is 31.3 Å². The molecule has 0 aromatic rings. The number of Topliss-reactive ketones (excluding diaryl/α,β-unsaturated/α-hetero) is 1. The molecule has 2 fully saturated rings. The predicted molar refractivity (Wildman–Crippen MR) is 48.8 cm³/mol. The number of esters is 1. The predicted octanol–water partition coefficient (Wildman–Crippen LogP) is -1.21. The Hall–Kier alpha value is -0.900. The molecule has 78 valence electrons.